The molecule has 1 heterocycles. The number of thiazole rings is 1. The van der Waals surface area contributed by atoms with E-state index >= 15 is 0 Å². The van der Waals surface area contributed by atoms with Gasteiger partial charge in [-0.25, -0.2) is 4.98 Å². The Hall–Kier alpha value is -2.86. The number of hydrogen-bond donors (Lipinski definition) is 1. The van der Waals surface area contributed by atoms with Crippen molar-refractivity contribution in [1.29, 1.82) is 0 Å². The summed E-state index contributed by atoms with van der Waals surface area (Å²) < 4.78 is 10.5. The van der Waals surface area contributed by atoms with Crippen LogP contribution in [-0.4, -0.2) is 24.6 Å². The van der Waals surface area contributed by atoms with Gasteiger partial charge in [0.1, 0.15) is 16.5 Å². The van der Waals surface area contributed by atoms with Gasteiger partial charge in [-0.1, -0.05) is 30.3 Å². The van der Waals surface area contributed by atoms with Gasteiger partial charge in [-0.3, -0.25) is 4.79 Å². The van der Waals surface area contributed by atoms with Gasteiger partial charge in [0.05, 0.1) is 19.3 Å². The van der Waals surface area contributed by atoms with Crippen LogP contribution in [0.25, 0.3) is 11.3 Å². The molecule has 1 amide bonds. The van der Waals surface area contributed by atoms with Crippen LogP contribution in [0.3, 0.4) is 0 Å². The quantitative estimate of drug-likeness (QED) is 0.705. The molecule has 0 radical (unpaired) electrons. The van der Waals surface area contributed by atoms with Gasteiger partial charge in [0.15, 0.2) is 6.61 Å². The normalized spacial score (nSPS) is 10.3. The molecule has 0 bridgehead atoms. The van der Waals surface area contributed by atoms with Crippen molar-refractivity contribution in [2.24, 2.45) is 0 Å². The van der Waals surface area contributed by atoms with E-state index in [1.54, 1.807) is 31.4 Å². The monoisotopic (exact) mass is 354 g/mol. The van der Waals surface area contributed by atoms with Gasteiger partial charge < -0.3 is 14.8 Å². The number of ether oxygens (including phenoxy) is 2. The number of carbonyl (C=O) groups is 1. The number of hydrogen-bond acceptors (Lipinski definition) is 5. The van der Waals surface area contributed by atoms with Gasteiger partial charge in [-0.15, -0.1) is 11.3 Å². The van der Waals surface area contributed by atoms with E-state index in [2.05, 4.69) is 10.3 Å². The molecule has 25 heavy (non-hydrogen) atoms. The Labute approximate surface area is 150 Å². The molecule has 0 atom stereocenters. The van der Waals surface area contributed by atoms with Crippen LogP contribution >= 0.6 is 11.3 Å². The van der Waals surface area contributed by atoms with E-state index in [4.69, 9.17) is 9.47 Å². The van der Waals surface area contributed by atoms with Crippen LogP contribution in [0.5, 0.6) is 11.5 Å². The molecule has 0 aliphatic carbocycles. The van der Waals surface area contributed by atoms with E-state index < -0.39 is 0 Å². The molecular weight excluding hydrogens is 336 g/mol. The molecule has 1 N–H and O–H groups in total. The lowest BCUT2D eigenvalue weighted by molar-refractivity contribution is -0.123. The lowest BCUT2D eigenvalue weighted by atomic mass is 10.2. The first-order valence-electron chi connectivity index (χ1n) is 7.78. The van der Waals surface area contributed by atoms with Gasteiger partial charge in [-0.2, -0.15) is 0 Å². The van der Waals surface area contributed by atoms with Crippen molar-refractivity contribution in [2.75, 3.05) is 13.7 Å². The first-order valence-corrected chi connectivity index (χ1v) is 8.66. The van der Waals surface area contributed by atoms with Crippen molar-refractivity contribution in [3.05, 3.63) is 65.0 Å². The molecule has 0 aliphatic rings. The molecule has 3 aromatic rings. The summed E-state index contributed by atoms with van der Waals surface area (Å²) in [6.45, 7) is 0.353. The maximum Gasteiger partial charge on any atom is 0.258 e. The fourth-order valence-electron chi connectivity index (χ4n) is 2.18. The van der Waals surface area contributed by atoms with Crippen molar-refractivity contribution in [3.63, 3.8) is 0 Å². The number of carbonyl (C=O) groups excluding carboxylic acids is 1. The number of nitrogens with zero attached hydrogens (tertiary/aromatic N) is 1. The molecule has 0 spiro atoms. The van der Waals surface area contributed by atoms with Crippen LogP contribution in [0.1, 0.15) is 5.01 Å². The minimum Gasteiger partial charge on any atom is -0.497 e. The van der Waals surface area contributed by atoms with E-state index in [9.17, 15) is 4.79 Å². The van der Waals surface area contributed by atoms with E-state index in [0.717, 1.165) is 22.0 Å². The van der Waals surface area contributed by atoms with E-state index in [0.29, 0.717) is 12.3 Å². The van der Waals surface area contributed by atoms with Crippen molar-refractivity contribution in [3.8, 4) is 22.8 Å². The van der Waals surface area contributed by atoms with Gasteiger partial charge in [0.25, 0.3) is 5.91 Å². The predicted molar refractivity (Wildman–Crippen MR) is 97.9 cm³/mol. The minimum atomic E-state index is -0.188. The topological polar surface area (TPSA) is 60.5 Å². The zero-order valence-corrected chi connectivity index (χ0v) is 14.6. The summed E-state index contributed by atoms with van der Waals surface area (Å²) in [6.07, 6.45) is 0. The Balaban J connectivity index is 1.46. The third-order valence-corrected chi connectivity index (χ3v) is 4.34. The average Bonchev–Trinajstić information content (AvgIpc) is 3.15. The van der Waals surface area contributed by atoms with Gasteiger partial charge >= 0.3 is 0 Å². The summed E-state index contributed by atoms with van der Waals surface area (Å²) in [4.78, 5) is 16.4. The number of benzene rings is 2. The van der Waals surface area contributed by atoms with E-state index in [1.807, 2.05) is 35.7 Å². The zero-order chi connectivity index (χ0) is 17.5. The molecule has 0 unspecified atom stereocenters. The third-order valence-electron chi connectivity index (χ3n) is 3.49. The highest BCUT2D eigenvalue weighted by Gasteiger charge is 2.07. The molecule has 128 valence electrons. The number of methoxy groups -OCH3 is 1. The molecule has 3 rings (SSSR count). The molecule has 2 aromatic carbocycles. The highest BCUT2D eigenvalue weighted by Crippen LogP contribution is 2.21. The molecule has 0 saturated heterocycles. The summed E-state index contributed by atoms with van der Waals surface area (Å²) >= 11 is 1.52. The van der Waals surface area contributed by atoms with Gasteiger partial charge in [0, 0.05) is 10.9 Å². The van der Waals surface area contributed by atoms with Gasteiger partial charge in [-0.05, 0) is 24.3 Å². The molecule has 5 nitrogen and oxygen atoms in total. The Morgan fingerprint density at radius 1 is 1.08 bits per heavy atom. The van der Waals surface area contributed by atoms with Crippen LogP contribution in [-0.2, 0) is 11.3 Å². The molecule has 0 fully saturated rings. The Morgan fingerprint density at radius 3 is 2.52 bits per heavy atom. The zero-order valence-electron chi connectivity index (χ0n) is 13.8. The fourth-order valence-corrected chi connectivity index (χ4v) is 2.92. The minimum absolute atomic E-state index is 0.0384. The first kappa shape index (κ1) is 17.0. The lowest BCUT2D eigenvalue weighted by Gasteiger charge is -2.07. The Bertz CT molecular complexity index is 816. The molecule has 1 aromatic heterocycles. The van der Waals surface area contributed by atoms with E-state index in [1.165, 1.54) is 11.3 Å². The van der Waals surface area contributed by atoms with Crippen LogP contribution in [0.4, 0.5) is 0 Å². The van der Waals surface area contributed by atoms with Crippen molar-refractivity contribution in [1.82, 2.24) is 10.3 Å². The van der Waals surface area contributed by atoms with Crippen LogP contribution in [0.2, 0.25) is 0 Å². The highest BCUT2D eigenvalue weighted by molar-refractivity contribution is 7.09. The second-order valence-electron chi connectivity index (χ2n) is 5.23. The second-order valence-corrected chi connectivity index (χ2v) is 6.18. The predicted octanol–water partition coefficient (Wildman–Crippen LogP) is 3.51. The number of nitrogens with one attached hydrogen (secondary N) is 1. The van der Waals surface area contributed by atoms with Crippen LogP contribution < -0.4 is 14.8 Å². The third kappa shape index (κ3) is 4.81. The largest absolute Gasteiger partial charge is 0.497 e. The Kier molecular flexibility index (Phi) is 5.64. The number of aromatic nitrogens is 1. The Morgan fingerprint density at radius 2 is 1.80 bits per heavy atom. The summed E-state index contributed by atoms with van der Waals surface area (Å²) in [5, 5.41) is 5.66. The number of rotatable bonds is 7. The summed E-state index contributed by atoms with van der Waals surface area (Å²) in [5.74, 6) is 1.18. The maximum atomic E-state index is 11.9. The average molecular weight is 354 g/mol. The second kappa shape index (κ2) is 8.30. The van der Waals surface area contributed by atoms with Crippen LogP contribution in [0.15, 0.2) is 60.0 Å². The lowest BCUT2D eigenvalue weighted by Crippen LogP contribution is -2.28. The maximum absolute atomic E-state index is 11.9. The SMILES string of the molecule is COc1ccc(OCC(=O)NCc2nc(-c3ccccc3)cs2)cc1. The summed E-state index contributed by atoms with van der Waals surface area (Å²) in [5.41, 5.74) is 1.99. The molecule has 0 saturated carbocycles. The fraction of sp³-hybridized carbons (Fsp3) is 0.158. The highest BCUT2D eigenvalue weighted by atomic mass is 32.1. The van der Waals surface area contributed by atoms with E-state index in [-0.39, 0.29) is 12.5 Å². The first-order chi connectivity index (χ1) is 12.2. The summed E-state index contributed by atoms with van der Waals surface area (Å²) in [6, 6.07) is 17.1. The molecule has 0 aliphatic heterocycles. The van der Waals surface area contributed by atoms with Crippen molar-refractivity contribution >= 4 is 17.2 Å². The smallest absolute Gasteiger partial charge is 0.258 e. The van der Waals surface area contributed by atoms with Crippen molar-refractivity contribution < 1.29 is 14.3 Å². The number of amides is 1. The molecular formula is C19H18N2O3S. The van der Waals surface area contributed by atoms with Crippen molar-refractivity contribution in [2.45, 2.75) is 6.54 Å². The standard InChI is InChI=1S/C19H18N2O3S/c1-23-15-7-9-16(10-8-15)24-12-18(22)20-11-19-21-17(13-25-19)14-5-3-2-4-6-14/h2-10,13H,11-12H2,1H3,(H,20,22). The summed E-state index contributed by atoms with van der Waals surface area (Å²) in [7, 11) is 1.60. The van der Waals surface area contributed by atoms with Crippen LogP contribution in [0, 0.1) is 0 Å². The van der Waals surface area contributed by atoms with Gasteiger partial charge in [0.2, 0.25) is 0 Å². The molecule has 6 heteroatoms.